The zero-order chi connectivity index (χ0) is 18.3. The number of carbonyl (C=O) groups is 1. The minimum Gasteiger partial charge on any atom is -0.406 e. The van der Waals surface area contributed by atoms with E-state index in [9.17, 15) is 18.0 Å². The molecule has 25 heavy (non-hydrogen) atoms. The summed E-state index contributed by atoms with van der Waals surface area (Å²) in [5, 5.41) is 10.9. The normalized spacial score (nSPS) is 11.4. The van der Waals surface area contributed by atoms with Crippen molar-refractivity contribution < 1.29 is 22.7 Å². The first-order valence-electron chi connectivity index (χ1n) is 7.46. The highest BCUT2D eigenvalue weighted by Gasteiger charge is 2.31. The van der Waals surface area contributed by atoms with E-state index in [1.165, 1.54) is 41.3 Å². The number of nitrogens with one attached hydrogen (secondary N) is 1. The molecular weight excluding hydrogens is 375 g/mol. The van der Waals surface area contributed by atoms with Crippen LogP contribution < -0.4 is 10.1 Å². The van der Waals surface area contributed by atoms with Crippen LogP contribution in [0.2, 0.25) is 0 Å². The summed E-state index contributed by atoms with van der Waals surface area (Å²) < 4.78 is 41.2. The van der Waals surface area contributed by atoms with E-state index in [2.05, 4.69) is 20.3 Å². The fourth-order valence-corrected chi connectivity index (χ4v) is 3.53. The Labute approximate surface area is 151 Å². The Kier molecular flexibility index (Phi) is 7.06. The number of alkyl halides is 3. The van der Waals surface area contributed by atoms with Crippen molar-refractivity contribution in [3.63, 3.8) is 0 Å². The van der Waals surface area contributed by atoms with Crippen molar-refractivity contribution in [3.05, 3.63) is 29.8 Å². The molecule has 0 bridgehead atoms. The Morgan fingerprint density at radius 3 is 2.88 bits per heavy atom. The van der Waals surface area contributed by atoms with Gasteiger partial charge in [0.25, 0.3) is 0 Å². The molecule has 1 N–H and O–H groups in total. The monoisotopic (exact) mass is 391 g/mol. The number of thioether (sulfide) groups is 1. The number of rotatable bonds is 8. The first-order chi connectivity index (χ1) is 11.9. The lowest BCUT2D eigenvalue weighted by Crippen LogP contribution is -2.17. The smallest absolute Gasteiger partial charge is 0.406 e. The number of anilines is 1. The van der Waals surface area contributed by atoms with Crippen molar-refractivity contribution in [1.82, 2.24) is 10.2 Å². The molecule has 5 nitrogen and oxygen atoms in total. The Morgan fingerprint density at radius 2 is 2.16 bits per heavy atom. The van der Waals surface area contributed by atoms with Crippen LogP contribution in [0.4, 0.5) is 18.3 Å². The summed E-state index contributed by atoms with van der Waals surface area (Å²) in [6.45, 7) is 2.00. The summed E-state index contributed by atoms with van der Waals surface area (Å²) in [4.78, 5) is 11.6. The Bertz CT molecular complexity index is 707. The van der Waals surface area contributed by atoms with E-state index in [4.69, 9.17) is 0 Å². The number of unbranched alkanes of at least 4 members (excludes halogenated alkanes) is 1. The van der Waals surface area contributed by atoms with Crippen molar-refractivity contribution in [1.29, 1.82) is 0 Å². The minimum atomic E-state index is -4.71. The Hall–Kier alpha value is -1.81. The average Bonchev–Trinajstić information content (AvgIpc) is 2.97. The van der Waals surface area contributed by atoms with Crippen molar-refractivity contribution in [2.75, 3.05) is 5.32 Å². The van der Waals surface area contributed by atoms with Crippen LogP contribution in [-0.4, -0.2) is 22.5 Å². The largest absolute Gasteiger partial charge is 0.573 e. The molecule has 0 saturated heterocycles. The molecular formula is C15H16F3N3O2S2. The molecule has 1 heterocycles. The maximum Gasteiger partial charge on any atom is 0.573 e. The maximum atomic E-state index is 12.2. The quantitative estimate of drug-likeness (QED) is 0.514. The predicted octanol–water partition coefficient (Wildman–Crippen LogP) is 4.86. The van der Waals surface area contributed by atoms with Crippen LogP contribution in [0.15, 0.2) is 28.6 Å². The highest BCUT2D eigenvalue weighted by atomic mass is 32.2. The molecule has 0 atom stereocenters. The van der Waals surface area contributed by atoms with E-state index in [0.29, 0.717) is 27.2 Å². The maximum absolute atomic E-state index is 12.2. The zero-order valence-electron chi connectivity index (χ0n) is 13.3. The lowest BCUT2D eigenvalue weighted by molar-refractivity contribution is -0.274. The highest BCUT2D eigenvalue weighted by Crippen LogP contribution is 2.30. The number of nitrogens with zero attached hydrogens (tertiary/aromatic N) is 2. The fraction of sp³-hybridized carbons (Fsp3) is 0.400. The zero-order valence-corrected chi connectivity index (χ0v) is 14.9. The second-order valence-corrected chi connectivity index (χ2v) is 7.21. The van der Waals surface area contributed by atoms with Gasteiger partial charge in [0.2, 0.25) is 11.0 Å². The first kappa shape index (κ1) is 19.5. The van der Waals surface area contributed by atoms with Crippen molar-refractivity contribution >= 4 is 34.1 Å². The second kappa shape index (κ2) is 9.04. The van der Waals surface area contributed by atoms with E-state index in [0.717, 1.165) is 12.8 Å². The van der Waals surface area contributed by atoms with Crippen molar-refractivity contribution in [2.45, 2.75) is 42.6 Å². The van der Waals surface area contributed by atoms with Gasteiger partial charge < -0.3 is 10.1 Å². The fourth-order valence-electron chi connectivity index (χ4n) is 1.82. The molecule has 2 aromatic rings. The van der Waals surface area contributed by atoms with Crippen LogP contribution in [0.5, 0.6) is 5.75 Å². The van der Waals surface area contributed by atoms with Crippen molar-refractivity contribution in [3.8, 4) is 5.75 Å². The standard InChI is InChI=1S/C15H16F3N3O2S2/c1-2-3-7-12(22)19-13-20-21-14(25-13)24-9-10-5-4-6-11(8-10)23-15(16,17)18/h4-6,8H,2-3,7,9H2,1H3,(H,19,20,22). The van der Waals surface area contributed by atoms with Crippen LogP contribution in [0, 0.1) is 0 Å². The van der Waals surface area contributed by atoms with E-state index in [1.807, 2.05) is 6.92 Å². The van der Waals surface area contributed by atoms with Gasteiger partial charge >= 0.3 is 6.36 Å². The molecule has 0 aliphatic rings. The number of hydrogen-bond acceptors (Lipinski definition) is 6. The highest BCUT2D eigenvalue weighted by molar-refractivity contribution is 8.00. The van der Waals surface area contributed by atoms with E-state index >= 15 is 0 Å². The van der Waals surface area contributed by atoms with Crippen LogP contribution in [0.1, 0.15) is 31.7 Å². The SMILES string of the molecule is CCCCC(=O)Nc1nnc(SCc2cccc(OC(F)(F)F)c2)s1. The van der Waals surface area contributed by atoms with Crippen LogP contribution >= 0.6 is 23.1 Å². The summed E-state index contributed by atoms with van der Waals surface area (Å²) in [5.41, 5.74) is 0.662. The molecule has 0 aliphatic heterocycles. The molecule has 0 aliphatic carbocycles. The molecule has 0 fully saturated rings. The number of amides is 1. The van der Waals surface area contributed by atoms with Gasteiger partial charge in [0.05, 0.1) is 0 Å². The predicted molar refractivity (Wildman–Crippen MR) is 90.7 cm³/mol. The number of carbonyl (C=O) groups excluding carboxylic acids is 1. The lowest BCUT2D eigenvalue weighted by atomic mass is 10.2. The molecule has 0 spiro atoms. The number of aromatic nitrogens is 2. The molecule has 2 rings (SSSR count). The third-order valence-electron chi connectivity index (χ3n) is 2.90. The summed E-state index contributed by atoms with van der Waals surface area (Å²) in [5.74, 6) is 0.0475. The molecule has 0 radical (unpaired) electrons. The van der Waals surface area contributed by atoms with Gasteiger partial charge in [-0.05, 0) is 24.1 Å². The van der Waals surface area contributed by atoms with Crippen LogP contribution in [0.25, 0.3) is 0 Å². The summed E-state index contributed by atoms with van der Waals surface area (Å²) in [6.07, 6.45) is -2.54. The van der Waals surface area contributed by atoms with Crippen LogP contribution in [0.3, 0.4) is 0 Å². The summed E-state index contributed by atoms with van der Waals surface area (Å²) in [6, 6.07) is 5.77. The van der Waals surface area contributed by atoms with E-state index < -0.39 is 6.36 Å². The van der Waals surface area contributed by atoms with Gasteiger partial charge in [0.1, 0.15) is 5.75 Å². The first-order valence-corrected chi connectivity index (χ1v) is 9.27. The van der Waals surface area contributed by atoms with Gasteiger partial charge in [-0.25, -0.2) is 0 Å². The number of hydrogen-bond donors (Lipinski definition) is 1. The number of halogens is 3. The molecule has 1 aromatic carbocycles. The summed E-state index contributed by atoms with van der Waals surface area (Å²) >= 11 is 2.55. The molecule has 1 aromatic heterocycles. The molecule has 10 heteroatoms. The molecule has 0 unspecified atom stereocenters. The average molecular weight is 391 g/mol. The van der Waals surface area contributed by atoms with Crippen molar-refractivity contribution in [2.24, 2.45) is 0 Å². The second-order valence-electron chi connectivity index (χ2n) is 5.01. The Balaban J connectivity index is 1.87. The number of benzene rings is 1. The van der Waals surface area contributed by atoms with Gasteiger partial charge in [0, 0.05) is 12.2 Å². The minimum absolute atomic E-state index is 0.105. The van der Waals surface area contributed by atoms with Gasteiger partial charge in [-0.3, -0.25) is 4.79 Å². The third-order valence-corrected chi connectivity index (χ3v) is 4.95. The lowest BCUT2D eigenvalue weighted by Gasteiger charge is -2.09. The van der Waals surface area contributed by atoms with Crippen LogP contribution in [-0.2, 0) is 10.5 Å². The molecule has 0 saturated carbocycles. The topological polar surface area (TPSA) is 64.1 Å². The molecule has 1 amide bonds. The van der Waals surface area contributed by atoms with Gasteiger partial charge in [-0.2, -0.15) is 0 Å². The van der Waals surface area contributed by atoms with Gasteiger partial charge in [-0.15, -0.1) is 23.4 Å². The number of ether oxygens (including phenoxy) is 1. The third kappa shape index (κ3) is 7.30. The Morgan fingerprint density at radius 1 is 1.36 bits per heavy atom. The molecule has 136 valence electrons. The summed E-state index contributed by atoms with van der Waals surface area (Å²) in [7, 11) is 0. The van der Waals surface area contributed by atoms with Gasteiger partial charge in [0.15, 0.2) is 4.34 Å². The van der Waals surface area contributed by atoms with E-state index in [-0.39, 0.29) is 11.7 Å². The van der Waals surface area contributed by atoms with E-state index in [1.54, 1.807) is 6.07 Å². The van der Waals surface area contributed by atoms with Gasteiger partial charge in [-0.1, -0.05) is 48.6 Å².